The smallest absolute Gasteiger partial charge is 0.471 e. The first-order valence-electron chi connectivity index (χ1n) is 9.60. The van der Waals surface area contributed by atoms with Crippen molar-refractivity contribution in [3.8, 4) is 5.75 Å². The van der Waals surface area contributed by atoms with Crippen LogP contribution in [0.1, 0.15) is 21.5 Å². The number of amides is 2. The maximum absolute atomic E-state index is 14.4. The van der Waals surface area contributed by atoms with Gasteiger partial charge in [0.05, 0.1) is 6.33 Å². The number of hydrogen-bond donors (Lipinski definition) is 1. The summed E-state index contributed by atoms with van der Waals surface area (Å²) < 4.78 is 68.9. The minimum Gasteiger partial charge on any atom is -0.486 e. The summed E-state index contributed by atoms with van der Waals surface area (Å²) in [5.74, 6) is -3.78. The number of hydrogen-bond acceptors (Lipinski definition) is 3. The van der Waals surface area contributed by atoms with Gasteiger partial charge in [-0.25, -0.2) is 8.78 Å². The first-order chi connectivity index (χ1) is 15.2. The van der Waals surface area contributed by atoms with Crippen molar-refractivity contribution in [2.45, 2.75) is 19.1 Å². The van der Waals surface area contributed by atoms with E-state index in [0.717, 1.165) is 17.2 Å². The van der Waals surface area contributed by atoms with Crippen LogP contribution in [0.15, 0.2) is 54.4 Å². The van der Waals surface area contributed by atoms with E-state index >= 15 is 0 Å². The lowest BCUT2D eigenvalue weighted by Gasteiger charge is -2.29. The third-order valence-corrected chi connectivity index (χ3v) is 4.90. The first-order valence-corrected chi connectivity index (χ1v) is 9.60. The van der Waals surface area contributed by atoms with Crippen LogP contribution in [0.25, 0.3) is 0 Å². The summed E-state index contributed by atoms with van der Waals surface area (Å²) in [6.45, 7) is -0.460. The average molecular weight is 454 g/mol. The Morgan fingerprint density at radius 3 is 2.50 bits per heavy atom. The van der Waals surface area contributed by atoms with Gasteiger partial charge in [0.1, 0.15) is 6.61 Å². The van der Waals surface area contributed by atoms with Gasteiger partial charge in [0.15, 0.2) is 11.6 Å². The van der Waals surface area contributed by atoms with Crippen molar-refractivity contribution in [1.29, 1.82) is 0 Å². The molecule has 170 valence electrons. The van der Waals surface area contributed by atoms with Crippen molar-refractivity contribution in [3.63, 3.8) is 0 Å². The van der Waals surface area contributed by atoms with Crippen LogP contribution in [-0.2, 0) is 17.8 Å². The summed E-state index contributed by atoms with van der Waals surface area (Å²) in [6, 6.07) is 11.3. The molecule has 2 aromatic rings. The molecule has 0 fully saturated rings. The van der Waals surface area contributed by atoms with Gasteiger partial charge in [0.25, 0.3) is 5.91 Å². The van der Waals surface area contributed by atoms with E-state index in [1.807, 2.05) is 24.3 Å². The number of fused-ring (bicyclic) bond motifs is 1. The van der Waals surface area contributed by atoms with Crippen molar-refractivity contribution in [3.05, 3.63) is 76.9 Å². The number of nitrogens with one attached hydrogen (secondary N) is 1. The molecule has 0 spiro atoms. The summed E-state index contributed by atoms with van der Waals surface area (Å²) in [7, 11) is 0. The molecule has 1 heterocycles. The maximum Gasteiger partial charge on any atom is 0.471 e. The Bertz CT molecular complexity index is 1040. The van der Waals surface area contributed by atoms with E-state index in [9.17, 15) is 31.5 Å². The van der Waals surface area contributed by atoms with Crippen molar-refractivity contribution in [2.24, 2.45) is 0 Å². The summed E-state index contributed by atoms with van der Waals surface area (Å²) in [4.78, 5) is 25.1. The Labute approximate surface area is 180 Å². The quantitative estimate of drug-likeness (QED) is 0.673. The number of carbonyl (C=O) groups excluding carboxylic acids is 2. The molecular formula is C22H19F5N2O3. The molecular weight excluding hydrogens is 435 g/mol. The molecule has 0 radical (unpaired) electrons. The molecule has 0 bridgehead atoms. The van der Waals surface area contributed by atoms with Crippen LogP contribution in [0.3, 0.4) is 0 Å². The van der Waals surface area contributed by atoms with Gasteiger partial charge in [-0.1, -0.05) is 24.3 Å². The zero-order valence-electron chi connectivity index (χ0n) is 16.7. The lowest BCUT2D eigenvalue weighted by Crippen LogP contribution is -2.38. The second kappa shape index (κ2) is 9.80. The Kier molecular flexibility index (Phi) is 7.12. The first kappa shape index (κ1) is 23.2. The standard InChI is InChI=1S/C22H19F5N2O3/c23-10-14(11-28-21(31)22(25,26)27)13-32-19-6-5-16(9-18(19)24)20(30)29-8-7-15-3-1-2-4-17(15)12-29/h1-6,9-10H,7-8,11-13H2,(H,28,31). The van der Waals surface area contributed by atoms with E-state index < -0.39 is 31.1 Å². The van der Waals surface area contributed by atoms with Gasteiger partial charge in [-0.3, -0.25) is 9.59 Å². The van der Waals surface area contributed by atoms with Crippen molar-refractivity contribution >= 4 is 11.8 Å². The summed E-state index contributed by atoms with van der Waals surface area (Å²) in [5.41, 5.74) is 1.95. The molecule has 2 aromatic carbocycles. The van der Waals surface area contributed by atoms with E-state index in [-0.39, 0.29) is 29.1 Å². The maximum atomic E-state index is 14.4. The van der Waals surface area contributed by atoms with Crippen LogP contribution in [0, 0.1) is 5.82 Å². The number of rotatable bonds is 6. The molecule has 0 unspecified atom stereocenters. The highest BCUT2D eigenvalue weighted by Gasteiger charge is 2.38. The van der Waals surface area contributed by atoms with Crippen LogP contribution in [0.2, 0.25) is 0 Å². The van der Waals surface area contributed by atoms with Gasteiger partial charge in [-0.05, 0) is 35.7 Å². The predicted octanol–water partition coefficient (Wildman–Crippen LogP) is 3.93. The molecule has 5 nitrogen and oxygen atoms in total. The fourth-order valence-electron chi connectivity index (χ4n) is 3.19. The van der Waals surface area contributed by atoms with Gasteiger partial charge in [-0.2, -0.15) is 13.2 Å². The largest absolute Gasteiger partial charge is 0.486 e. The van der Waals surface area contributed by atoms with Crippen molar-refractivity contribution in [1.82, 2.24) is 10.2 Å². The van der Waals surface area contributed by atoms with E-state index in [1.54, 1.807) is 4.90 Å². The lowest BCUT2D eigenvalue weighted by atomic mass is 9.99. The third-order valence-electron chi connectivity index (χ3n) is 4.90. The minimum absolute atomic E-state index is 0.0271. The average Bonchev–Trinajstić information content (AvgIpc) is 2.78. The lowest BCUT2D eigenvalue weighted by molar-refractivity contribution is -0.173. The molecule has 3 rings (SSSR count). The van der Waals surface area contributed by atoms with Gasteiger partial charge in [-0.15, -0.1) is 0 Å². The Balaban J connectivity index is 1.59. The van der Waals surface area contributed by atoms with Crippen LogP contribution < -0.4 is 10.1 Å². The fourth-order valence-corrected chi connectivity index (χ4v) is 3.19. The number of ether oxygens (including phenoxy) is 1. The third kappa shape index (κ3) is 5.63. The molecule has 0 aromatic heterocycles. The molecule has 2 amide bonds. The van der Waals surface area contributed by atoms with Gasteiger partial charge in [0.2, 0.25) is 0 Å². The monoisotopic (exact) mass is 454 g/mol. The minimum atomic E-state index is -5.10. The van der Waals surface area contributed by atoms with Gasteiger partial charge in [0, 0.05) is 30.8 Å². The van der Waals surface area contributed by atoms with Gasteiger partial charge >= 0.3 is 12.1 Å². The molecule has 0 aliphatic carbocycles. The van der Waals surface area contributed by atoms with E-state index in [4.69, 9.17) is 4.74 Å². The summed E-state index contributed by atoms with van der Waals surface area (Å²) >= 11 is 0. The number of alkyl halides is 3. The zero-order chi connectivity index (χ0) is 23.3. The molecule has 1 N–H and O–H groups in total. The Morgan fingerprint density at radius 1 is 1.12 bits per heavy atom. The van der Waals surface area contributed by atoms with Crippen LogP contribution in [-0.4, -0.2) is 42.6 Å². The molecule has 1 aliphatic heterocycles. The van der Waals surface area contributed by atoms with E-state index in [1.165, 1.54) is 17.4 Å². The van der Waals surface area contributed by atoms with Crippen molar-refractivity contribution < 1.29 is 36.3 Å². The number of nitrogens with zero attached hydrogens (tertiary/aromatic N) is 1. The highest BCUT2D eigenvalue weighted by atomic mass is 19.4. The topological polar surface area (TPSA) is 58.6 Å². The van der Waals surface area contributed by atoms with Crippen molar-refractivity contribution in [2.75, 3.05) is 19.7 Å². The second-order valence-corrected chi connectivity index (χ2v) is 7.13. The SMILES string of the molecule is O=C(c1ccc(OCC(=CF)CNC(=O)C(F)(F)F)c(F)c1)N1CCc2ccccc2C1. The Morgan fingerprint density at radius 2 is 1.84 bits per heavy atom. The summed E-state index contributed by atoms with van der Waals surface area (Å²) in [6.07, 6.45) is -4.44. The van der Waals surface area contributed by atoms with Crippen LogP contribution in [0.5, 0.6) is 5.75 Å². The molecule has 0 atom stereocenters. The molecule has 1 aliphatic rings. The zero-order valence-corrected chi connectivity index (χ0v) is 16.7. The molecule has 0 saturated carbocycles. The molecule has 0 saturated heterocycles. The number of carbonyl (C=O) groups is 2. The molecule has 10 heteroatoms. The second-order valence-electron chi connectivity index (χ2n) is 7.13. The van der Waals surface area contributed by atoms with E-state index in [2.05, 4.69) is 0 Å². The summed E-state index contributed by atoms with van der Waals surface area (Å²) in [5, 5.41) is 1.50. The highest BCUT2D eigenvalue weighted by molar-refractivity contribution is 5.94. The van der Waals surface area contributed by atoms with E-state index in [0.29, 0.717) is 19.5 Å². The normalized spacial score (nSPS) is 14.0. The van der Waals surface area contributed by atoms with Crippen LogP contribution >= 0.6 is 0 Å². The predicted molar refractivity (Wildman–Crippen MR) is 105 cm³/mol. The number of halogens is 5. The fraction of sp³-hybridized carbons (Fsp3) is 0.273. The highest BCUT2D eigenvalue weighted by Crippen LogP contribution is 2.23. The molecule has 32 heavy (non-hydrogen) atoms. The Hall–Kier alpha value is -3.43. The van der Waals surface area contributed by atoms with Crippen LogP contribution in [0.4, 0.5) is 22.0 Å². The van der Waals surface area contributed by atoms with Gasteiger partial charge < -0.3 is 15.0 Å². The number of benzene rings is 2.